The van der Waals surface area contributed by atoms with Crippen molar-refractivity contribution in [2.45, 2.75) is 5.88 Å². The molecule has 0 aliphatic carbocycles. The van der Waals surface area contributed by atoms with Crippen LogP contribution in [0.3, 0.4) is 0 Å². The van der Waals surface area contributed by atoms with Crippen molar-refractivity contribution in [3.05, 3.63) is 36.4 Å². The summed E-state index contributed by atoms with van der Waals surface area (Å²) in [5.41, 5.74) is 2.92. The third-order valence-corrected chi connectivity index (χ3v) is 2.67. The lowest BCUT2D eigenvalue weighted by molar-refractivity contribution is 0.571. The molecule has 84 valence electrons. The summed E-state index contributed by atoms with van der Waals surface area (Å²) < 4.78 is 5.33. The van der Waals surface area contributed by atoms with Gasteiger partial charge in [-0.25, -0.2) is 4.98 Å². The molecule has 0 unspecified atom stereocenters. The number of nitrogens with zero attached hydrogens (tertiary/aromatic N) is 2. The van der Waals surface area contributed by atoms with Gasteiger partial charge in [0, 0.05) is 25.3 Å². The van der Waals surface area contributed by atoms with E-state index >= 15 is 0 Å². The van der Waals surface area contributed by atoms with E-state index in [2.05, 4.69) is 4.98 Å². The van der Waals surface area contributed by atoms with Crippen LogP contribution in [0.25, 0.3) is 11.3 Å². The number of benzene rings is 1. The third-order valence-electron chi connectivity index (χ3n) is 2.41. The number of hydrogen-bond acceptors (Lipinski definition) is 3. The highest BCUT2D eigenvalue weighted by Crippen LogP contribution is 2.26. The monoisotopic (exact) mass is 236 g/mol. The van der Waals surface area contributed by atoms with Crippen LogP contribution in [0.5, 0.6) is 0 Å². The number of halogens is 1. The normalized spacial score (nSPS) is 10.4. The minimum atomic E-state index is 0.362. The topological polar surface area (TPSA) is 29.3 Å². The molecule has 3 nitrogen and oxygen atoms in total. The van der Waals surface area contributed by atoms with Gasteiger partial charge in [0.2, 0.25) is 0 Å². The minimum absolute atomic E-state index is 0.362. The zero-order valence-electron chi connectivity index (χ0n) is 9.27. The highest BCUT2D eigenvalue weighted by molar-refractivity contribution is 6.17. The van der Waals surface area contributed by atoms with Crippen molar-refractivity contribution in [3.8, 4) is 11.3 Å². The summed E-state index contributed by atoms with van der Waals surface area (Å²) in [5.74, 6) is 1.11. The summed E-state index contributed by atoms with van der Waals surface area (Å²) in [4.78, 5) is 6.11. The first-order valence-electron chi connectivity index (χ1n) is 4.98. The molecule has 0 bridgehead atoms. The van der Waals surface area contributed by atoms with Gasteiger partial charge in [-0.1, -0.05) is 0 Å². The minimum Gasteiger partial charge on any atom is -0.443 e. The average molecular weight is 237 g/mol. The lowest BCUT2D eigenvalue weighted by atomic mass is 10.1. The van der Waals surface area contributed by atoms with Crippen molar-refractivity contribution >= 4 is 17.3 Å². The van der Waals surface area contributed by atoms with Gasteiger partial charge in [0.1, 0.15) is 5.69 Å². The zero-order valence-corrected chi connectivity index (χ0v) is 10.0. The molecule has 1 aromatic heterocycles. The van der Waals surface area contributed by atoms with Gasteiger partial charge in [0.05, 0.1) is 5.88 Å². The molecule has 0 fully saturated rings. The summed E-state index contributed by atoms with van der Waals surface area (Å²) in [5, 5.41) is 0. The third kappa shape index (κ3) is 2.04. The predicted molar refractivity (Wildman–Crippen MR) is 65.8 cm³/mol. The molecule has 16 heavy (non-hydrogen) atoms. The number of anilines is 1. The summed E-state index contributed by atoms with van der Waals surface area (Å²) in [6, 6.07) is 8.09. The number of hydrogen-bond donors (Lipinski definition) is 0. The summed E-state index contributed by atoms with van der Waals surface area (Å²) in [6.45, 7) is 0. The van der Waals surface area contributed by atoms with Gasteiger partial charge in [-0.3, -0.25) is 0 Å². The van der Waals surface area contributed by atoms with E-state index in [1.54, 1.807) is 0 Å². The standard InChI is InChI=1S/C12H13ClN2O/c1-15(2)10-5-3-9(4-6-10)12-11(7-13)14-8-16-12/h3-6,8H,7H2,1-2H3. The first-order chi connectivity index (χ1) is 7.72. The number of alkyl halides is 1. The lowest BCUT2D eigenvalue weighted by Crippen LogP contribution is -2.07. The predicted octanol–water partition coefficient (Wildman–Crippen LogP) is 3.15. The van der Waals surface area contributed by atoms with E-state index in [0.29, 0.717) is 5.88 Å². The van der Waals surface area contributed by atoms with E-state index in [1.165, 1.54) is 6.39 Å². The molecule has 1 heterocycles. The SMILES string of the molecule is CN(C)c1ccc(-c2ocnc2CCl)cc1. The zero-order chi connectivity index (χ0) is 11.5. The van der Waals surface area contributed by atoms with E-state index in [0.717, 1.165) is 22.7 Å². The summed E-state index contributed by atoms with van der Waals surface area (Å²) in [7, 11) is 4.02. The Hall–Kier alpha value is -1.48. The van der Waals surface area contributed by atoms with E-state index in [4.69, 9.17) is 16.0 Å². The van der Waals surface area contributed by atoms with Gasteiger partial charge in [-0.05, 0) is 24.3 Å². The highest BCUT2D eigenvalue weighted by Gasteiger charge is 2.09. The second-order valence-corrected chi connectivity index (χ2v) is 3.97. The maximum Gasteiger partial charge on any atom is 0.181 e. The number of rotatable bonds is 3. The van der Waals surface area contributed by atoms with Gasteiger partial charge >= 0.3 is 0 Å². The van der Waals surface area contributed by atoms with Gasteiger partial charge in [0.25, 0.3) is 0 Å². The lowest BCUT2D eigenvalue weighted by Gasteiger charge is -2.12. The first kappa shape index (κ1) is 11.0. The fourth-order valence-electron chi connectivity index (χ4n) is 1.51. The molecule has 1 aromatic carbocycles. The molecular weight excluding hydrogens is 224 g/mol. The molecular formula is C12H13ClN2O. The Balaban J connectivity index is 2.35. The molecule has 0 radical (unpaired) electrons. The van der Waals surface area contributed by atoms with Gasteiger partial charge in [0.15, 0.2) is 12.2 Å². The molecule has 2 rings (SSSR count). The Labute approximate surface area is 99.7 Å². The van der Waals surface area contributed by atoms with Crippen molar-refractivity contribution < 1.29 is 4.42 Å². The van der Waals surface area contributed by atoms with Crippen molar-refractivity contribution in [2.75, 3.05) is 19.0 Å². The van der Waals surface area contributed by atoms with Crippen LogP contribution in [0.4, 0.5) is 5.69 Å². The summed E-state index contributed by atoms with van der Waals surface area (Å²) in [6.07, 6.45) is 1.42. The van der Waals surface area contributed by atoms with Crippen LogP contribution >= 0.6 is 11.6 Å². The second-order valence-electron chi connectivity index (χ2n) is 3.70. The average Bonchev–Trinajstić information content (AvgIpc) is 2.77. The fraction of sp³-hybridized carbons (Fsp3) is 0.250. The Morgan fingerprint density at radius 3 is 2.50 bits per heavy atom. The van der Waals surface area contributed by atoms with Crippen molar-refractivity contribution in [1.29, 1.82) is 0 Å². The molecule has 0 aliphatic heterocycles. The molecule has 0 N–H and O–H groups in total. The number of aromatic nitrogens is 1. The quantitative estimate of drug-likeness (QED) is 0.767. The van der Waals surface area contributed by atoms with Crippen molar-refractivity contribution in [3.63, 3.8) is 0 Å². The van der Waals surface area contributed by atoms with Crippen molar-refractivity contribution in [2.24, 2.45) is 0 Å². The molecule has 0 saturated heterocycles. The Bertz CT molecular complexity index is 462. The molecule has 0 amide bonds. The maximum absolute atomic E-state index is 5.77. The van der Waals surface area contributed by atoms with Gasteiger partial charge < -0.3 is 9.32 Å². The molecule has 0 saturated carbocycles. The van der Waals surface area contributed by atoms with Crippen LogP contribution in [-0.4, -0.2) is 19.1 Å². The first-order valence-corrected chi connectivity index (χ1v) is 5.52. The molecule has 0 atom stereocenters. The largest absolute Gasteiger partial charge is 0.443 e. The number of oxazole rings is 1. The Morgan fingerprint density at radius 1 is 1.25 bits per heavy atom. The van der Waals surface area contributed by atoms with Crippen LogP contribution < -0.4 is 4.90 Å². The Kier molecular flexibility index (Phi) is 3.15. The van der Waals surface area contributed by atoms with Crippen LogP contribution in [0.2, 0.25) is 0 Å². The van der Waals surface area contributed by atoms with Crippen LogP contribution in [0.1, 0.15) is 5.69 Å². The molecule has 4 heteroatoms. The smallest absolute Gasteiger partial charge is 0.181 e. The Morgan fingerprint density at radius 2 is 1.94 bits per heavy atom. The molecule has 2 aromatic rings. The summed E-state index contributed by atoms with van der Waals surface area (Å²) >= 11 is 5.77. The van der Waals surface area contributed by atoms with E-state index < -0.39 is 0 Å². The van der Waals surface area contributed by atoms with E-state index in [-0.39, 0.29) is 0 Å². The van der Waals surface area contributed by atoms with Gasteiger partial charge in [-0.15, -0.1) is 11.6 Å². The maximum atomic E-state index is 5.77. The fourth-order valence-corrected chi connectivity index (χ4v) is 1.70. The van der Waals surface area contributed by atoms with Gasteiger partial charge in [-0.2, -0.15) is 0 Å². The second kappa shape index (κ2) is 4.58. The van der Waals surface area contributed by atoms with Crippen LogP contribution in [-0.2, 0) is 5.88 Å². The van der Waals surface area contributed by atoms with Crippen molar-refractivity contribution in [1.82, 2.24) is 4.98 Å². The molecule has 0 spiro atoms. The highest BCUT2D eigenvalue weighted by atomic mass is 35.5. The van der Waals surface area contributed by atoms with E-state index in [1.807, 2.05) is 43.3 Å². The van der Waals surface area contributed by atoms with E-state index in [9.17, 15) is 0 Å². The molecule has 0 aliphatic rings. The van der Waals surface area contributed by atoms with Crippen LogP contribution in [0, 0.1) is 0 Å². The van der Waals surface area contributed by atoms with Crippen LogP contribution in [0.15, 0.2) is 35.1 Å².